The molecular weight excluding hydrogens is 348 g/mol. The highest BCUT2D eigenvalue weighted by Gasteiger charge is 2.10. The lowest BCUT2D eigenvalue weighted by Gasteiger charge is -2.13. The summed E-state index contributed by atoms with van der Waals surface area (Å²) in [5.41, 5.74) is 6.65. The van der Waals surface area contributed by atoms with E-state index in [2.05, 4.69) is 36.3 Å². The third kappa shape index (κ3) is 4.14. The maximum absolute atomic E-state index is 11.9. The minimum absolute atomic E-state index is 0. The van der Waals surface area contributed by atoms with Crippen molar-refractivity contribution in [3.8, 4) is 0 Å². The molecule has 3 rings (SSSR count). The maximum atomic E-state index is 11.9. The molecule has 1 heterocycles. The second-order valence-corrected chi connectivity index (χ2v) is 6.22. The van der Waals surface area contributed by atoms with Gasteiger partial charge in [-0.05, 0) is 63.6 Å². The lowest BCUT2D eigenvalue weighted by molar-refractivity contribution is 0.0526. The van der Waals surface area contributed by atoms with Crippen LogP contribution in [0.3, 0.4) is 0 Å². The minimum atomic E-state index is -0.311. The number of anilines is 2. The van der Waals surface area contributed by atoms with Gasteiger partial charge in [0.25, 0.3) is 0 Å². The van der Waals surface area contributed by atoms with E-state index in [0.717, 1.165) is 33.5 Å². The van der Waals surface area contributed by atoms with Crippen molar-refractivity contribution in [3.63, 3.8) is 0 Å². The van der Waals surface area contributed by atoms with Gasteiger partial charge in [-0.25, -0.2) is 4.79 Å². The number of esters is 1. The number of ether oxygens (including phenoxy) is 1. The van der Waals surface area contributed by atoms with Crippen LogP contribution in [0, 0.1) is 20.8 Å². The number of hydrogen-bond acceptors (Lipinski definition) is 4. The zero-order valence-corrected chi connectivity index (χ0v) is 16.2. The Bertz CT molecular complexity index is 954. The molecule has 1 N–H and O–H groups in total. The Morgan fingerprint density at radius 1 is 1.12 bits per heavy atom. The monoisotopic (exact) mass is 370 g/mol. The molecule has 0 radical (unpaired) electrons. The Hall–Kier alpha value is -2.59. The Labute approximate surface area is 160 Å². The van der Waals surface area contributed by atoms with Crippen LogP contribution in [0.5, 0.6) is 0 Å². The molecule has 1 aromatic heterocycles. The molecule has 4 nitrogen and oxygen atoms in total. The van der Waals surface area contributed by atoms with Gasteiger partial charge in [-0.2, -0.15) is 0 Å². The highest BCUT2D eigenvalue weighted by atomic mass is 35.5. The summed E-state index contributed by atoms with van der Waals surface area (Å²) in [6.45, 7) is 8.31. The molecule has 0 bridgehead atoms. The van der Waals surface area contributed by atoms with Crippen LogP contribution in [0.1, 0.15) is 34.1 Å². The van der Waals surface area contributed by atoms with Crippen LogP contribution in [-0.2, 0) is 4.74 Å². The molecule has 0 spiro atoms. The number of halogens is 1. The molecule has 0 unspecified atom stereocenters. The molecular formula is C21H23ClN2O2. The lowest BCUT2D eigenvalue weighted by atomic mass is 10.0. The Balaban J connectivity index is 0.00000243. The largest absolute Gasteiger partial charge is 0.462 e. The third-order valence-corrected chi connectivity index (χ3v) is 4.03. The number of aryl methyl sites for hydroxylation is 3. The number of benzene rings is 2. The van der Waals surface area contributed by atoms with E-state index in [9.17, 15) is 4.79 Å². The summed E-state index contributed by atoms with van der Waals surface area (Å²) in [7, 11) is 0. The second kappa shape index (κ2) is 8.19. The first-order valence-electron chi connectivity index (χ1n) is 8.40. The molecule has 2 aromatic carbocycles. The number of carbonyl (C=O) groups is 1. The van der Waals surface area contributed by atoms with E-state index in [1.165, 1.54) is 5.56 Å². The zero-order chi connectivity index (χ0) is 18.0. The number of pyridine rings is 1. The first-order chi connectivity index (χ1) is 12.0. The molecule has 0 saturated carbocycles. The third-order valence-electron chi connectivity index (χ3n) is 4.03. The number of fused-ring (bicyclic) bond motifs is 1. The number of nitrogens with one attached hydrogen (secondary N) is 1. The zero-order valence-electron chi connectivity index (χ0n) is 15.4. The normalized spacial score (nSPS) is 10.3. The van der Waals surface area contributed by atoms with E-state index in [-0.39, 0.29) is 18.4 Å². The van der Waals surface area contributed by atoms with E-state index < -0.39 is 0 Å². The summed E-state index contributed by atoms with van der Waals surface area (Å²) in [5, 5.41) is 4.51. The van der Waals surface area contributed by atoms with E-state index >= 15 is 0 Å². The van der Waals surface area contributed by atoms with E-state index in [0.29, 0.717) is 12.2 Å². The molecule has 0 amide bonds. The van der Waals surface area contributed by atoms with Crippen molar-refractivity contribution in [1.29, 1.82) is 0 Å². The molecule has 0 aliphatic carbocycles. The van der Waals surface area contributed by atoms with Crippen LogP contribution >= 0.6 is 12.4 Å². The van der Waals surface area contributed by atoms with Crippen molar-refractivity contribution in [2.45, 2.75) is 27.7 Å². The average molecular weight is 371 g/mol. The summed E-state index contributed by atoms with van der Waals surface area (Å²) in [6, 6.07) is 13.6. The molecule has 3 aromatic rings. The van der Waals surface area contributed by atoms with Gasteiger partial charge in [-0.3, -0.25) is 4.98 Å². The molecule has 0 aliphatic rings. The number of carbonyl (C=O) groups excluding carboxylic acids is 1. The van der Waals surface area contributed by atoms with Crippen molar-refractivity contribution in [2.24, 2.45) is 0 Å². The lowest BCUT2D eigenvalue weighted by Crippen LogP contribution is -2.05. The molecule has 136 valence electrons. The summed E-state index contributed by atoms with van der Waals surface area (Å²) in [6.07, 6.45) is 0. The van der Waals surface area contributed by atoms with Crippen LogP contribution in [0.4, 0.5) is 11.4 Å². The number of rotatable bonds is 4. The quantitative estimate of drug-likeness (QED) is 0.616. The first-order valence-corrected chi connectivity index (χ1v) is 8.40. The summed E-state index contributed by atoms with van der Waals surface area (Å²) < 4.78 is 5.08. The second-order valence-electron chi connectivity index (χ2n) is 6.22. The van der Waals surface area contributed by atoms with Crippen LogP contribution in [0.15, 0.2) is 42.5 Å². The van der Waals surface area contributed by atoms with Crippen LogP contribution in [-0.4, -0.2) is 17.6 Å². The highest BCUT2D eigenvalue weighted by Crippen LogP contribution is 2.29. The van der Waals surface area contributed by atoms with Crippen molar-refractivity contribution < 1.29 is 9.53 Å². The maximum Gasteiger partial charge on any atom is 0.338 e. The Morgan fingerprint density at radius 2 is 1.88 bits per heavy atom. The van der Waals surface area contributed by atoms with Gasteiger partial charge in [-0.1, -0.05) is 17.7 Å². The molecule has 5 heteroatoms. The van der Waals surface area contributed by atoms with E-state index in [1.807, 2.05) is 31.2 Å². The highest BCUT2D eigenvalue weighted by molar-refractivity contribution is 5.96. The van der Waals surface area contributed by atoms with Gasteiger partial charge in [0.05, 0.1) is 17.7 Å². The summed E-state index contributed by atoms with van der Waals surface area (Å²) >= 11 is 0. The summed E-state index contributed by atoms with van der Waals surface area (Å²) in [5.74, 6) is -0.311. The van der Waals surface area contributed by atoms with Crippen LogP contribution < -0.4 is 5.32 Å². The fourth-order valence-corrected chi connectivity index (χ4v) is 3.01. The summed E-state index contributed by atoms with van der Waals surface area (Å²) in [4.78, 5) is 16.6. The molecule has 0 fully saturated rings. The van der Waals surface area contributed by atoms with Gasteiger partial charge in [0.2, 0.25) is 0 Å². The van der Waals surface area contributed by atoms with Gasteiger partial charge in [-0.15, -0.1) is 12.4 Å². The van der Waals surface area contributed by atoms with Crippen LogP contribution in [0.25, 0.3) is 10.9 Å². The van der Waals surface area contributed by atoms with Gasteiger partial charge < -0.3 is 10.1 Å². The minimum Gasteiger partial charge on any atom is -0.462 e. The fourth-order valence-electron chi connectivity index (χ4n) is 3.01. The Morgan fingerprint density at radius 3 is 2.62 bits per heavy atom. The van der Waals surface area contributed by atoms with Gasteiger partial charge in [0.1, 0.15) is 0 Å². The van der Waals surface area contributed by atoms with Crippen molar-refractivity contribution in [3.05, 3.63) is 64.8 Å². The van der Waals surface area contributed by atoms with Crippen molar-refractivity contribution >= 4 is 40.7 Å². The predicted octanol–water partition coefficient (Wildman–Crippen LogP) is 5.50. The first kappa shape index (κ1) is 19.7. The van der Waals surface area contributed by atoms with Gasteiger partial charge in [0.15, 0.2) is 0 Å². The molecule has 0 saturated heterocycles. The standard InChI is InChI=1S/C21H22N2O2.ClH/c1-5-25-21(24)16-7-6-8-17(12-16)23-19-11-15(4)22-20-14(3)9-13(2)10-18(19)20;/h6-12H,5H2,1-4H3,(H,22,23);1H. The number of hydrogen-bond donors (Lipinski definition) is 1. The molecule has 0 atom stereocenters. The van der Waals surface area contributed by atoms with E-state index in [1.54, 1.807) is 13.0 Å². The van der Waals surface area contributed by atoms with Gasteiger partial charge in [0, 0.05) is 22.5 Å². The topological polar surface area (TPSA) is 51.2 Å². The average Bonchev–Trinajstić information content (AvgIpc) is 2.56. The Kier molecular flexibility index (Phi) is 6.22. The van der Waals surface area contributed by atoms with E-state index in [4.69, 9.17) is 4.74 Å². The van der Waals surface area contributed by atoms with Gasteiger partial charge >= 0.3 is 5.97 Å². The number of aromatic nitrogens is 1. The molecule has 0 aliphatic heterocycles. The smallest absolute Gasteiger partial charge is 0.338 e. The van der Waals surface area contributed by atoms with Crippen molar-refractivity contribution in [2.75, 3.05) is 11.9 Å². The molecule has 26 heavy (non-hydrogen) atoms. The SMILES string of the molecule is CCOC(=O)c1cccc(Nc2cc(C)nc3c(C)cc(C)cc23)c1.Cl. The predicted molar refractivity (Wildman–Crippen MR) is 109 cm³/mol. The fraction of sp³-hybridized carbons (Fsp3) is 0.238. The number of nitrogens with zero attached hydrogens (tertiary/aromatic N) is 1. The van der Waals surface area contributed by atoms with Crippen LogP contribution in [0.2, 0.25) is 0 Å². The van der Waals surface area contributed by atoms with Crippen molar-refractivity contribution in [1.82, 2.24) is 4.98 Å².